The molecular weight excluding hydrogens is 287 g/mol. The maximum Gasteiger partial charge on any atom is 0.155 e. The van der Waals surface area contributed by atoms with Gasteiger partial charge in [-0.1, -0.05) is 18.2 Å². The van der Waals surface area contributed by atoms with Crippen LogP contribution in [0.2, 0.25) is 0 Å². The summed E-state index contributed by atoms with van der Waals surface area (Å²) in [5.41, 5.74) is 0.173. The molecule has 0 aliphatic carbocycles. The molecular formula is C16H13FN2OS. The van der Waals surface area contributed by atoms with E-state index in [9.17, 15) is 9.50 Å². The second-order valence-corrected chi connectivity index (χ2v) is 5.85. The smallest absolute Gasteiger partial charge is 0.155 e. The Morgan fingerprint density at radius 1 is 1.10 bits per heavy atom. The van der Waals surface area contributed by atoms with Crippen molar-refractivity contribution in [3.8, 4) is 10.4 Å². The minimum absolute atomic E-state index is 0.274. The molecule has 21 heavy (non-hydrogen) atoms. The van der Waals surface area contributed by atoms with Crippen LogP contribution < -0.4 is 0 Å². The number of halogens is 1. The standard InChI is InChI=1S/C16H13FN2OS/c1-16(20,14-4-2-3-9-18-14)15-19-10-13(21-15)11-5-7-12(17)8-6-11/h2-10,20H,1H3. The summed E-state index contributed by atoms with van der Waals surface area (Å²) in [6, 6.07) is 11.6. The Hall–Kier alpha value is -2.11. The number of nitrogens with zero attached hydrogens (tertiary/aromatic N) is 2. The number of benzene rings is 1. The molecule has 0 aliphatic rings. The minimum Gasteiger partial charge on any atom is -0.377 e. The molecule has 0 amide bonds. The summed E-state index contributed by atoms with van der Waals surface area (Å²) in [6.07, 6.45) is 3.32. The molecule has 1 atom stereocenters. The highest BCUT2D eigenvalue weighted by molar-refractivity contribution is 7.15. The highest BCUT2D eigenvalue weighted by Crippen LogP contribution is 2.34. The molecule has 3 aromatic rings. The lowest BCUT2D eigenvalue weighted by atomic mass is 10.0. The predicted molar refractivity (Wildman–Crippen MR) is 80.4 cm³/mol. The van der Waals surface area contributed by atoms with Gasteiger partial charge in [0.15, 0.2) is 5.60 Å². The van der Waals surface area contributed by atoms with Gasteiger partial charge < -0.3 is 5.11 Å². The summed E-state index contributed by atoms with van der Waals surface area (Å²) in [7, 11) is 0. The van der Waals surface area contributed by atoms with Crippen LogP contribution in [0.4, 0.5) is 4.39 Å². The second kappa shape index (κ2) is 5.35. The van der Waals surface area contributed by atoms with Gasteiger partial charge in [0.1, 0.15) is 10.8 Å². The molecule has 0 aliphatic heterocycles. The van der Waals surface area contributed by atoms with Gasteiger partial charge in [-0.15, -0.1) is 11.3 Å². The van der Waals surface area contributed by atoms with Crippen LogP contribution in [-0.4, -0.2) is 15.1 Å². The summed E-state index contributed by atoms with van der Waals surface area (Å²) in [6.45, 7) is 1.67. The number of aromatic nitrogens is 2. The van der Waals surface area contributed by atoms with Crippen molar-refractivity contribution in [2.45, 2.75) is 12.5 Å². The fourth-order valence-electron chi connectivity index (χ4n) is 2.01. The topological polar surface area (TPSA) is 46.0 Å². The number of hydrogen-bond acceptors (Lipinski definition) is 4. The molecule has 0 radical (unpaired) electrons. The summed E-state index contributed by atoms with van der Waals surface area (Å²) in [4.78, 5) is 9.36. The molecule has 0 saturated carbocycles. The van der Waals surface area contributed by atoms with E-state index >= 15 is 0 Å². The van der Waals surface area contributed by atoms with Crippen LogP contribution in [-0.2, 0) is 5.60 Å². The fraction of sp³-hybridized carbons (Fsp3) is 0.125. The van der Waals surface area contributed by atoms with Crippen molar-refractivity contribution in [1.82, 2.24) is 9.97 Å². The molecule has 0 bridgehead atoms. The Balaban J connectivity index is 1.96. The van der Waals surface area contributed by atoms with Gasteiger partial charge >= 0.3 is 0 Å². The molecule has 0 spiro atoms. The van der Waals surface area contributed by atoms with Gasteiger partial charge in [-0.25, -0.2) is 9.37 Å². The fourth-order valence-corrected chi connectivity index (χ4v) is 2.98. The van der Waals surface area contributed by atoms with Crippen molar-refractivity contribution >= 4 is 11.3 Å². The third kappa shape index (κ3) is 2.70. The van der Waals surface area contributed by atoms with Crippen molar-refractivity contribution in [3.63, 3.8) is 0 Å². The number of thiazole rings is 1. The lowest BCUT2D eigenvalue weighted by Crippen LogP contribution is -2.23. The van der Waals surface area contributed by atoms with Crippen LogP contribution in [0.25, 0.3) is 10.4 Å². The van der Waals surface area contributed by atoms with Gasteiger partial charge in [-0.05, 0) is 36.8 Å². The molecule has 1 unspecified atom stereocenters. The second-order valence-electron chi connectivity index (χ2n) is 4.82. The van der Waals surface area contributed by atoms with Gasteiger partial charge in [-0.2, -0.15) is 0 Å². The molecule has 0 fully saturated rings. The van der Waals surface area contributed by atoms with E-state index in [1.54, 1.807) is 43.6 Å². The molecule has 1 aromatic carbocycles. The van der Waals surface area contributed by atoms with Crippen LogP contribution in [0.15, 0.2) is 54.9 Å². The third-order valence-electron chi connectivity index (χ3n) is 3.21. The zero-order valence-electron chi connectivity index (χ0n) is 11.3. The van der Waals surface area contributed by atoms with Crippen molar-refractivity contribution in [3.05, 3.63) is 71.4 Å². The van der Waals surface area contributed by atoms with Crippen molar-refractivity contribution in [1.29, 1.82) is 0 Å². The van der Waals surface area contributed by atoms with Crippen LogP contribution in [0.3, 0.4) is 0 Å². The largest absolute Gasteiger partial charge is 0.377 e. The number of pyridine rings is 1. The van der Waals surface area contributed by atoms with Crippen LogP contribution in [0.1, 0.15) is 17.6 Å². The van der Waals surface area contributed by atoms with Gasteiger partial charge in [-0.3, -0.25) is 4.98 Å². The Labute approximate surface area is 125 Å². The lowest BCUT2D eigenvalue weighted by Gasteiger charge is -2.19. The van der Waals surface area contributed by atoms with Gasteiger partial charge in [0, 0.05) is 12.4 Å². The van der Waals surface area contributed by atoms with E-state index in [0.717, 1.165) is 10.4 Å². The normalized spacial score (nSPS) is 13.9. The van der Waals surface area contributed by atoms with Crippen molar-refractivity contribution in [2.24, 2.45) is 0 Å². The summed E-state index contributed by atoms with van der Waals surface area (Å²) in [5, 5.41) is 11.2. The first-order valence-corrected chi connectivity index (χ1v) is 7.25. The van der Waals surface area contributed by atoms with E-state index in [1.807, 2.05) is 6.07 Å². The summed E-state index contributed by atoms with van der Waals surface area (Å²) >= 11 is 1.37. The van der Waals surface area contributed by atoms with E-state index in [1.165, 1.54) is 23.5 Å². The number of aliphatic hydroxyl groups is 1. The molecule has 0 saturated heterocycles. The monoisotopic (exact) mass is 300 g/mol. The minimum atomic E-state index is -1.25. The van der Waals surface area contributed by atoms with E-state index in [4.69, 9.17) is 0 Å². The Kier molecular flexibility index (Phi) is 3.53. The Morgan fingerprint density at radius 3 is 2.52 bits per heavy atom. The average Bonchev–Trinajstić information content (AvgIpc) is 2.99. The first-order valence-electron chi connectivity index (χ1n) is 6.43. The van der Waals surface area contributed by atoms with Crippen LogP contribution in [0.5, 0.6) is 0 Å². The highest BCUT2D eigenvalue weighted by Gasteiger charge is 2.30. The highest BCUT2D eigenvalue weighted by atomic mass is 32.1. The molecule has 1 N–H and O–H groups in total. The van der Waals surface area contributed by atoms with Crippen LogP contribution >= 0.6 is 11.3 Å². The predicted octanol–water partition coefficient (Wildman–Crippen LogP) is 3.60. The maximum atomic E-state index is 13.0. The van der Waals surface area contributed by atoms with E-state index in [2.05, 4.69) is 9.97 Å². The number of rotatable bonds is 3. The van der Waals surface area contributed by atoms with Gasteiger partial charge in [0.2, 0.25) is 0 Å². The SMILES string of the molecule is CC(O)(c1ccccn1)c1ncc(-c2ccc(F)cc2)s1. The molecule has 3 rings (SSSR count). The lowest BCUT2D eigenvalue weighted by molar-refractivity contribution is 0.0970. The van der Waals surface area contributed by atoms with E-state index in [0.29, 0.717) is 10.7 Å². The first kappa shape index (κ1) is 13.9. The van der Waals surface area contributed by atoms with E-state index in [-0.39, 0.29) is 5.82 Å². The van der Waals surface area contributed by atoms with Crippen LogP contribution in [0, 0.1) is 5.82 Å². The first-order chi connectivity index (χ1) is 10.1. The molecule has 2 heterocycles. The van der Waals surface area contributed by atoms with Crippen molar-refractivity contribution in [2.75, 3.05) is 0 Å². The maximum absolute atomic E-state index is 13.0. The zero-order valence-corrected chi connectivity index (χ0v) is 12.1. The third-order valence-corrected chi connectivity index (χ3v) is 4.47. The van der Waals surface area contributed by atoms with Crippen molar-refractivity contribution < 1.29 is 9.50 Å². The summed E-state index contributed by atoms with van der Waals surface area (Å²) < 4.78 is 13.0. The summed E-state index contributed by atoms with van der Waals surface area (Å²) in [5.74, 6) is -0.274. The zero-order chi connectivity index (χ0) is 14.9. The Morgan fingerprint density at radius 2 is 1.86 bits per heavy atom. The van der Waals surface area contributed by atoms with Gasteiger partial charge in [0.05, 0.1) is 10.6 Å². The average molecular weight is 300 g/mol. The molecule has 3 nitrogen and oxygen atoms in total. The van der Waals surface area contributed by atoms with Gasteiger partial charge in [0.25, 0.3) is 0 Å². The molecule has 5 heteroatoms. The van der Waals surface area contributed by atoms with E-state index < -0.39 is 5.60 Å². The molecule has 106 valence electrons. The molecule has 2 aromatic heterocycles. The Bertz CT molecular complexity index is 738. The number of hydrogen-bond donors (Lipinski definition) is 1. The quantitative estimate of drug-likeness (QED) is 0.804.